The highest BCUT2D eigenvalue weighted by molar-refractivity contribution is 5.96. The summed E-state index contributed by atoms with van der Waals surface area (Å²) in [5.74, 6) is 0.122. The topological polar surface area (TPSA) is 131 Å². The Balaban J connectivity index is 2.19. The van der Waals surface area contributed by atoms with Crippen molar-refractivity contribution < 1.29 is 10.1 Å². The van der Waals surface area contributed by atoms with Crippen molar-refractivity contribution in [2.75, 3.05) is 0 Å². The van der Waals surface area contributed by atoms with Crippen LogP contribution >= 0.6 is 0 Å². The van der Waals surface area contributed by atoms with Gasteiger partial charge in [-0.2, -0.15) is 4.73 Å². The lowest BCUT2D eigenvalue weighted by Gasteiger charge is -2.03. The number of nitrogens with one attached hydrogen (secondary N) is 1. The number of nitro benzene ring substituents is 1. The first-order valence-electron chi connectivity index (χ1n) is 6.28. The van der Waals surface area contributed by atoms with Gasteiger partial charge in [0, 0.05) is 23.3 Å². The van der Waals surface area contributed by atoms with Crippen LogP contribution in [0.5, 0.6) is 0 Å². The molecule has 2 aromatic carbocycles. The number of aromatic nitrogens is 2. The van der Waals surface area contributed by atoms with E-state index in [2.05, 4.69) is 4.98 Å². The van der Waals surface area contributed by atoms with Gasteiger partial charge < -0.3 is 10.9 Å². The van der Waals surface area contributed by atoms with E-state index in [1.165, 1.54) is 18.2 Å². The van der Waals surface area contributed by atoms with E-state index < -0.39 is 4.92 Å². The second-order valence-corrected chi connectivity index (χ2v) is 4.67. The number of hydrogen-bond acceptors (Lipinski definition) is 5. The molecule has 110 valence electrons. The molecule has 0 aliphatic rings. The molecular weight excluding hydrogens is 286 g/mol. The zero-order valence-electron chi connectivity index (χ0n) is 11.2. The van der Waals surface area contributed by atoms with Gasteiger partial charge in [0.05, 0.1) is 10.4 Å². The molecule has 0 aliphatic carbocycles. The van der Waals surface area contributed by atoms with E-state index in [0.717, 1.165) is 4.73 Å². The summed E-state index contributed by atoms with van der Waals surface area (Å²) >= 11 is 0. The average molecular weight is 297 g/mol. The second-order valence-electron chi connectivity index (χ2n) is 4.67. The molecule has 0 amide bonds. The SMILES string of the molecule is N=C(N)c1cccc(-c2nc3ccc([N+](=O)[O-])cc3n2O)c1. The third kappa shape index (κ3) is 2.12. The molecule has 8 heteroatoms. The molecule has 8 nitrogen and oxygen atoms in total. The van der Waals surface area contributed by atoms with E-state index in [-0.39, 0.29) is 22.9 Å². The molecule has 0 unspecified atom stereocenters. The van der Waals surface area contributed by atoms with Crippen molar-refractivity contribution in [2.24, 2.45) is 5.73 Å². The molecule has 0 bridgehead atoms. The quantitative estimate of drug-likeness (QED) is 0.224. The van der Waals surface area contributed by atoms with Gasteiger partial charge in [0.25, 0.3) is 5.69 Å². The van der Waals surface area contributed by atoms with Crippen molar-refractivity contribution in [3.05, 3.63) is 58.1 Å². The summed E-state index contributed by atoms with van der Waals surface area (Å²) in [4.78, 5) is 14.5. The maximum Gasteiger partial charge on any atom is 0.271 e. The summed E-state index contributed by atoms with van der Waals surface area (Å²) in [7, 11) is 0. The lowest BCUT2D eigenvalue weighted by Crippen LogP contribution is -2.10. The zero-order valence-corrected chi connectivity index (χ0v) is 11.2. The lowest BCUT2D eigenvalue weighted by molar-refractivity contribution is -0.384. The maximum atomic E-state index is 10.8. The third-order valence-corrected chi connectivity index (χ3v) is 3.26. The summed E-state index contributed by atoms with van der Waals surface area (Å²) in [6, 6.07) is 10.7. The fraction of sp³-hybridized carbons (Fsp3) is 0. The predicted octanol–water partition coefficient (Wildman–Crippen LogP) is 2.13. The Bertz CT molecular complexity index is 916. The van der Waals surface area contributed by atoms with Gasteiger partial charge in [-0.3, -0.25) is 15.5 Å². The number of amidine groups is 1. The van der Waals surface area contributed by atoms with Gasteiger partial charge in [0.1, 0.15) is 11.4 Å². The molecule has 3 aromatic rings. The van der Waals surface area contributed by atoms with E-state index in [9.17, 15) is 15.3 Å². The first-order chi connectivity index (χ1) is 10.5. The molecule has 0 saturated carbocycles. The largest absolute Gasteiger partial charge is 0.426 e. The van der Waals surface area contributed by atoms with Crippen LogP contribution in [-0.4, -0.2) is 25.7 Å². The van der Waals surface area contributed by atoms with Crippen molar-refractivity contribution >= 4 is 22.6 Å². The van der Waals surface area contributed by atoms with Crippen molar-refractivity contribution in [3.63, 3.8) is 0 Å². The minimum absolute atomic E-state index is 0.0990. The van der Waals surface area contributed by atoms with Gasteiger partial charge in [-0.15, -0.1) is 0 Å². The van der Waals surface area contributed by atoms with Crippen LogP contribution in [0.1, 0.15) is 5.56 Å². The molecule has 0 spiro atoms. The molecule has 0 fully saturated rings. The third-order valence-electron chi connectivity index (χ3n) is 3.26. The number of nitrogens with two attached hydrogens (primary N) is 1. The molecular formula is C14H11N5O3. The number of fused-ring (bicyclic) bond motifs is 1. The number of imidazole rings is 1. The first-order valence-corrected chi connectivity index (χ1v) is 6.28. The van der Waals surface area contributed by atoms with Crippen LogP contribution in [0.25, 0.3) is 22.4 Å². The fourth-order valence-corrected chi connectivity index (χ4v) is 2.18. The molecule has 3 rings (SSSR count). The van der Waals surface area contributed by atoms with Gasteiger partial charge in [0.15, 0.2) is 5.82 Å². The smallest absolute Gasteiger partial charge is 0.271 e. The minimum atomic E-state index is -0.539. The standard InChI is InChI=1S/C14H11N5O3/c15-13(16)8-2-1-3-9(6-8)14-17-11-5-4-10(19(21)22)7-12(11)18(14)20/h1-7,20H,(H3,15,16). The number of nitrogens with zero attached hydrogens (tertiary/aromatic N) is 3. The Morgan fingerprint density at radius 2 is 2.09 bits per heavy atom. The van der Waals surface area contributed by atoms with Crippen LogP contribution < -0.4 is 5.73 Å². The zero-order chi connectivity index (χ0) is 15.9. The van der Waals surface area contributed by atoms with Gasteiger partial charge in [-0.25, -0.2) is 4.98 Å². The van der Waals surface area contributed by atoms with E-state index in [1.54, 1.807) is 24.3 Å². The monoisotopic (exact) mass is 297 g/mol. The lowest BCUT2D eigenvalue weighted by atomic mass is 10.1. The number of benzene rings is 2. The van der Waals surface area contributed by atoms with Crippen molar-refractivity contribution in [1.29, 1.82) is 5.41 Å². The first kappa shape index (κ1) is 13.6. The van der Waals surface area contributed by atoms with Crippen molar-refractivity contribution in [2.45, 2.75) is 0 Å². The van der Waals surface area contributed by atoms with E-state index in [0.29, 0.717) is 16.6 Å². The predicted molar refractivity (Wildman–Crippen MR) is 80.0 cm³/mol. The van der Waals surface area contributed by atoms with Crippen LogP contribution in [-0.2, 0) is 0 Å². The van der Waals surface area contributed by atoms with E-state index in [1.807, 2.05) is 0 Å². The number of nitro groups is 1. The Hall–Kier alpha value is -3.42. The van der Waals surface area contributed by atoms with E-state index >= 15 is 0 Å². The summed E-state index contributed by atoms with van der Waals surface area (Å²) in [5.41, 5.74) is 7.02. The van der Waals surface area contributed by atoms with Crippen LogP contribution in [0.4, 0.5) is 5.69 Å². The van der Waals surface area contributed by atoms with Crippen molar-refractivity contribution in [1.82, 2.24) is 9.71 Å². The van der Waals surface area contributed by atoms with Gasteiger partial charge in [-0.1, -0.05) is 18.2 Å². The minimum Gasteiger partial charge on any atom is -0.426 e. The normalized spacial score (nSPS) is 10.7. The highest BCUT2D eigenvalue weighted by Gasteiger charge is 2.16. The summed E-state index contributed by atoms with van der Waals surface area (Å²) in [5, 5.41) is 28.5. The van der Waals surface area contributed by atoms with E-state index in [4.69, 9.17) is 11.1 Å². The Morgan fingerprint density at radius 3 is 2.77 bits per heavy atom. The number of hydrogen-bond donors (Lipinski definition) is 3. The maximum absolute atomic E-state index is 10.8. The van der Waals surface area contributed by atoms with Crippen molar-refractivity contribution in [3.8, 4) is 11.4 Å². The molecule has 1 aromatic heterocycles. The molecule has 4 N–H and O–H groups in total. The molecule has 1 heterocycles. The molecule has 22 heavy (non-hydrogen) atoms. The summed E-state index contributed by atoms with van der Waals surface area (Å²) in [6.07, 6.45) is 0. The number of non-ortho nitro benzene ring substituents is 1. The Morgan fingerprint density at radius 1 is 1.32 bits per heavy atom. The second kappa shape index (κ2) is 4.85. The summed E-state index contributed by atoms with van der Waals surface area (Å²) in [6.45, 7) is 0. The van der Waals surface area contributed by atoms with Gasteiger partial charge in [0.2, 0.25) is 0 Å². The van der Waals surface area contributed by atoms with Crippen LogP contribution in [0.2, 0.25) is 0 Å². The average Bonchev–Trinajstić information content (AvgIpc) is 2.84. The van der Waals surface area contributed by atoms with Crippen LogP contribution in [0, 0.1) is 15.5 Å². The Kier molecular flexibility index (Phi) is 2.99. The molecule has 0 aliphatic heterocycles. The fourth-order valence-electron chi connectivity index (χ4n) is 2.18. The highest BCUT2D eigenvalue weighted by Crippen LogP contribution is 2.26. The number of nitrogen functional groups attached to an aromatic ring is 1. The highest BCUT2D eigenvalue weighted by atomic mass is 16.6. The van der Waals surface area contributed by atoms with Crippen LogP contribution in [0.3, 0.4) is 0 Å². The molecule has 0 radical (unpaired) electrons. The molecule has 0 saturated heterocycles. The molecule has 0 atom stereocenters. The summed E-state index contributed by atoms with van der Waals surface area (Å²) < 4.78 is 0.793. The Labute approximate surface area is 124 Å². The van der Waals surface area contributed by atoms with Gasteiger partial charge >= 0.3 is 0 Å². The van der Waals surface area contributed by atoms with Crippen LogP contribution in [0.15, 0.2) is 42.5 Å². The number of rotatable bonds is 3. The van der Waals surface area contributed by atoms with Gasteiger partial charge in [-0.05, 0) is 12.1 Å².